The minimum atomic E-state index is -1.11. The Hall–Kier alpha value is -3.13. The third-order valence-corrected chi connectivity index (χ3v) is 6.16. The summed E-state index contributed by atoms with van der Waals surface area (Å²) in [7, 11) is 0. The number of morpholine rings is 1. The molecule has 32 heavy (non-hydrogen) atoms. The number of anilines is 2. The van der Waals surface area contributed by atoms with Crippen molar-refractivity contribution in [1.82, 2.24) is 9.88 Å². The molecule has 2 fully saturated rings. The average molecular weight is 439 g/mol. The zero-order chi connectivity index (χ0) is 22.4. The largest absolute Gasteiger partial charge is 0.494 e. The van der Waals surface area contributed by atoms with Crippen LogP contribution in [0.15, 0.2) is 48.7 Å². The second kappa shape index (κ2) is 9.99. The zero-order valence-corrected chi connectivity index (χ0v) is 18.5. The number of amides is 2. The van der Waals surface area contributed by atoms with Crippen LogP contribution in [0.4, 0.5) is 11.5 Å². The molecule has 0 saturated carbocycles. The van der Waals surface area contributed by atoms with E-state index in [1.165, 1.54) is 0 Å². The highest BCUT2D eigenvalue weighted by atomic mass is 16.5. The lowest BCUT2D eigenvalue weighted by atomic mass is 9.75. The molecule has 0 spiro atoms. The van der Waals surface area contributed by atoms with E-state index in [0.717, 1.165) is 11.6 Å². The molecule has 1 aromatic carbocycles. The molecule has 0 radical (unpaired) electrons. The molecule has 0 unspecified atom stereocenters. The fraction of sp³-hybridized carbons (Fsp3) is 0.458. The fourth-order valence-electron chi connectivity index (χ4n) is 4.32. The Balaban J connectivity index is 1.53. The Kier molecular flexibility index (Phi) is 6.90. The fourth-order valence-corrected chi connectivity index (χ4v) is 4.32. The predicted octanol–water partition coefficient (Wildman–Crippen LogP) is 2.56. The number of carbonyl (C=O) groups excluding carboxylic acids is 2. The molecule has 0 bridgehead atoms. The molecule has 0 atom stereocenters. The van der Waals surface area contributed by atoms with Crippen molar-refractivity contribution in [3.63, 3.8) is 0 Å². The standard InChI is InChI=1S/C24H30N4O4/c1-2-32-20-8-6-19(7-9-20)26-22(29)24(23(30)28-15-17-31-18-16-28)10-13-27(14-11-24)21-5-3-4-12-25-21/h3-9,12H,2,10-11,13-18H2,1H3,(H,26,29). The van der Waals surface area contributed by atoms with Crippen LogP contribution in [0.25, 0.3) is 0 Å². The molecule has 4 rings (SSSR count). The van der Waals surface area contributed by atoms with Gasteiger partial charge in [-0.25, -0.2) is 4.98 Å². The molecule has 0 aliphatic carbocycles. The van der Waals surface area contributed by atoms with Gasteiger partial charge in [0.25, 0.3) is 0 Å². The van der Waals surface area contributed by atoms with E-state index in [2.05, 4.69) is 15.2 Å². The van der Waals surface area contributed by atoms with Crippen molar-refractivity contribution >= 4 is 23.3 Å². The molecular formula is C24H30N4O4. The number of nitrogens with one attached hydrogen (secondary N) is 1. The summed E-state index contributed by atoms with van der Waals surface area (Å²) in [5.41, 5.74) is -0.457. The number of aromatic nitrogens is 1. The third kappa shape index (κ3) is 4.70. The lowest BCUT2D eigenvalue weighted by Crippen LogP contribution is -2.57. The van der Waals surface area contributed by atoms with Crippen LogP contribution in [0.5, 0.6) is 5.75 Å². The van der Waals surface area contributed by atoms with Crippen molar-refractivity contribution in [3.05, 3.63) is 48.7 Å². The summed E-state index contributed by atoms with van der Waals surface area (Å²) in [6.45, 7) is 5.71. The number of pyridine rings is 1. The number of nitrogens with zero attached hydrogens (tertiary/aromatic N) is 3. The first-order valence-electron chi connectivity index (χ1n) is 11.2. The van der Waals surface area contributed by atoms with Crippen LogP contribution in [0.3, 0.4) is 0 Å². The van der Waals surface area contributed by atoms with Crippen molar-refractivity contribution in [2.24, 2.45) is 5.41 Å². The van der Waals surface area contributed by atoms with E-state index in [-0.39, 0.29) is 11.8 Å². The molecule has 3 heterocycles. The van der Waals surface area contributed by atoms with Crippen LogP contribution in [0.1, 0.15) is 19.8 Å². The van der Waals surface area contributed by atoms with Gasteiger partial charge in [-0.3, -0.25) is 9.59 Å². The number of rotatable bonds is 6. The zero-order valence-electron chi connectivity index (χ0n) is 18.5. The highest BCUT2D eigenvalue weighted by Gasteiger charge is 2.50. The normalized spacial score (nSPS) is 18.2. The van der Waals surface area contributed by atoms with Gasteiger partial charge in [0.15, 0.2) is 0 Å². The monoisotopic (exact) mass is 438 g/mol. The summed E-state index contributed by atoms with van der Waals surface area (Å²) in [6, 6.07) is 13.0. The van der Waals surface area contributed by atoms with Crippen LogP contribution < -0.4 is 15.0 Å². The Morgan fingerprint density at radius 3 is 2.41 bits per heavy atom. The summed E-state index contributed by atoms with van der Waals surface area (Å²) < 4.78 is 10.9. The third-order valence-electron chi connectivity index (χ3n) is 6.16. The molecule has 170 valence electrons. The molecule has 2 aliphatic heterocycles. The van der Waals surface area contributed by atoms with E-state index in [4.69, 9.17) is 9.47 Å². The summed E-state index contributed by atoms with van der Waals surface area (Å²) in [5.74, 6) is 1.25. The number of benzene rings is 1. The summed E-state index contributed by atoms with van der Waals surface area (Å²) >= 11 is 0. The lowest BCUT2D eigenvalue weighted by Gasteiger charge is -2.43. The number of piperidine rings is 1. The van der Waals surface area contributed by atoms with E-state index in [0.29, 0.717) is 64.5 Å². The Morgan fingerprint density at radius 2 is 1.78 bits per heavy atom. The van der Waals surface area contributed by atoms with Crippen LogP contribution >= 0.6 is 0 Å². The summed E-state index contributed by atoms with van der Waals surface area (Å²) in [6.07, 6.45) is 2.62. The number of hydrogen-bond acceptors (Lipinski definition) is 6. The first-order chi connectivity index (χ1) is 15.6. The smallest absolute Gasteiger partial charge is 0.240 e. The highest BCUT2D eigenvalue weighted by Crippen LogP contribution is 2.37. The molecule has 2 aromatic rings. The Labute approximate surface area is 188 Å². The number of ether oxygens (including phenoxy) is 2. The van der Waals surface area contributed by atoms with Crippen LogP contribution in [-0.4, -0.2) is 67.7 Å². The van der Waals surface area contributed by atoms with Crippen molar-refractivity contribution in [1.29, 1.82) is 0 Å². The molecule has 1 N–H and O–H groups in total. The van der Waals surface area contributed by atoms with Crippen molar-refractivity contribution in [2.75, 3.05) is 56.2 Å². The minimum absolute atomic E-state index is 0.107. The summed E-state index contributed by atoms with van der Waals surface area (Å²) in [5, 5.41) is 2.99. The maximum absolute atomic E-state index is 13.6. The lowest BCUT2D eigenvalue weighted by molar-refractivity contribution is -0.153. The second-order valence-electron chi connectivity index (χ2n) is 8.07. The topological polar surface area (TPSA) is 84.0 Å². The van der Waals surface area contributed by atoms with Gasteiger partial charge in [0.2, 0.25) is 11.8 Å². The number of hydrogen-bond donors (Lipinski definition) is 1. The first-order valence-corrected chi connectivity index (χ1v) is 11.2. The van der Waals surface area contributed by atoms with Crippen molar-refractivity contribution in [2.45, 2.75) is 19.8 Å². The molecule has 2 saturated heterocycles. The molecule has 2 aliphatic rings. The van der Waals surface area contributed by atoms with Crippen LogP contribution in [0.2, 0.25) is 0 Å². The molecule has 2 amide bonds. The van der Waals surface area contributed by atoms with Crippen LogP contribution in [0, 0.1) is 5.41 Å². The van der Waals surface area contributed by atoms with Gasteiger partial charge in [-0.05, 0) is 56.2 Å². The van der Waals surface area contributed by atoms with Gasteiger partial charge in [-0.2, -0.15) is 0 Å². The Bertz CT molecular complexity index is 905. The molecule has 8 nitrogen and oxygen atoms in total. The van der Waals surface area contributed by atoms with Gasteiger partial charge in [0.05, 0.1) is 19.8 Å². The van der Waals surface area contributed by atoms with Gasteiger partial charge in [-0.1, -0.05) is 6.07 Å². The van der Waals surface area contributed by atoms with E-state index < -0.39 is 5.41 Å². The van der Waals surface area contributed by atoms with Gasteiger partial charge in [0.1, 0.15) is 17.0 Å². The molecular weight excluding hydrogens is 408 g/mol. The first kappa shape index (κ1) is 22.1. The number of carbonyl (C=O) groups is 2. The second-order valence-corrected chi connectivity index (χ2v) is 8.07. The van der Waals surface area contributed by atoms with Gasteiger partial charge in [0, 0.05) is 38.1 Å². The van der Waals surface area contributed by atoms with E-state index in [9.17, 15) is 9.59 Å². The van der Waals surface area contributed by atoms with E-state index in [1.807, 2.05) is 37.3 Å². The maximum atomic E-state index is 13.6. The highest BCUT2D eigenvalue weighted by molar-refractivity contribution is 6.10. The Morgan fingerprint density at radius 1 is 1.06 bits per heavy atom. The molecule has 1 aromatic heterocycles. The average Bonchev–Trinajstić information content (AvgIpc) is 2.86. The van der Waals surface area contributed by atoms with E-state index >= 15 is 0 Å². The van der Waals surface area contributed by atoms with Crippen molar-refractivity contribution in [3.8, 4) is 5.75 Å². The summed E-state index contributed by atoms with van der Waals surface area (Å²) in [4.78, 5) is 35.5. The maximum Gasteiger partial charge on any atom is 0.240 e. The van der Waals surface area contributed by atoms with E-state index in [1.54, 1.807) is 23.2 Å². The molecule has 8 heteroatoms. The van der Waals surface area contributed by atoms with Crippen molar-refractivity contribution < 1.29 is 19.1 Å². The van der Waals surface area contributed by atoms with Gasteiger partial charge < -0.3 is 24.6 Å². The SMILES string of the molecule is CCOc1ccc(NC(=O)C2(C(=O)N3CCOCC3)CCN(c3ccccn3)CC2)cc1. The van der Waals surface area contributed by atoms with Gasteiger partial charge >= 0.3 is 0 Å². The van der Waals surface area contributed by atoms with Crippen LogP contribution in [-0.2, 0) is 14.3 Å². The predicted molar refractivity (Wildman–Crippen MR) is 122 cm³/mol. The minimum Gasteiger partial charge on any atom is -0.494 e. The van der Waals surface area contributed by atoms with Gasteiger partial charge in [-0.15, -0.1) is 0 Å². The quantitative estimate of drug-likeness (QED) is 0.698.